The quantitative estimate of drug-likeness (QED) is 0.119. The number of hydrazone groups is 1. The van der Waals surface area contributed by atoms with Gasteiger partial charge in [-0.25, -0.2) is 0 Å². The van der Waals surface area contributed by atoms with Gasteiger partial charge in [0.25, 0.3) is 0 Å². The zero-order valence-electron chi connectivity index (χ0n) is 26.6. The van der Waals surface area contributed by atoms with Crippen molar-refractivity contribution in [3.05, 3.63) is 11.6 Å². The number of halogens is 1. The lowest BCUT2D eigenvalue weighted by Gasteiger charge is -2.58. The minimum Gasteiger partial charge on any atom is -0.359 e. The van der Waals surface area contributed by atoms with Crippen molar-refractivity contribution < 1.29 is 0 Å². The highest BCUT2D eigenvalue weighted by Crippen LogP contribution is 2.66. The first-order chi connectivity index (χ1) is 19.8. The molecular weight excluding hydrogens is 542 g/mol. The first kappa shape index (κ1) is 31.8. The molecule has 7 unspecified atom stereocenters. The molecule has 4 saturated carbocycles. The molecule has 232 valence electrons. The molecule has 5 heteroatoms. The summed E-state index contributed by atoms with van der Waals surface area (Å²) in [7, 11) is 0. The van der Waals surface area contributed by atoms with Crippen LogP contribution in [0.1, 0.15) is 156 Å². The van der Waals surface area contributed by atoms with Crippen molar-refractivity contribution in [1.29, 1.82) is 0 Å². The Balaban J connectivity index is 1.32. The van der Waals surface area contributed by atoms with E-state index in [1.807, 2.05) is 0 Å². The predicted octanol–water partition coefficient (Wildman–Crippen LogP) is 10.5. The van der Waals surface area contributed by atoms with Gasteiger partial charge in [0.1, 0.15) is 0 Å². The van der Waals surface area contributed by atoms with Gasteiger partial charge in [-0.1, -0.05) is 97.0 Å². The van der Waals surface area contributed by atoms with Crippen LogP contribution in [0.4, 0.5) is 0 Å². The summed E-state index contributed by atoms with van der Waals surface area (Å²) in [5, 5.41) is 9.82. The second-order valence-electron chi connectivity index (χ2n) is 15.2. The lowest BCUT2D eigenvalue weighted by atomic mass is 9.47. The van der Waals surface area contributed by atoms with Crippen molar-refractivity contribution in [2.45, 2.75) is 167 Å². The molecule has 0 amide bonds. The molecule has 5 aliphatic rings. The number of hydrogen-bond acceptors (Lipinski definition) is 2. The van der Waals surface area contributed by atoms with Crippen molar-refractivity contribution in [1.82, 2.24) is 10.7 Å². The molecule has 5 aliphatic carbocycles. The Kier molecular flexibility index (Phi) is 11.2. The summed E-state index contributed by atoms with van der Waals surface area (Å²) in [5.41, 5.74) is 6.96. The largest absolute Gasteiger partial charge is 0.359 e. The van der Waals surface area contributed by atoms with Gasteiger partial charge in [0.05, 0.1) is 5.71 Å². The Labute approximate surface area is 262 Å². The summed E-state index contributed by atoms with van der Waals surface area (Å²) in [5.74, 6) is 2.85. The number of nitrogens with one attached hydrogen (secondary N) is 2. The first-order valence-corrected chi connectivity index (χ1v) is 18.7. The molecule has 0 heterocycles. The molecule has 41 heavy (non-hydrogen) atoms. The monoisotopic (exact) mass is 601 g/mol. The van der Waals surface area contributed by atoms with Crippen LogP contribution in [0, 0.1) is 34.5 Å². The van der Waals surface area contributed by atoms with Gasteiger partial charge in [0.15, 0.2) is 5.11 Å². The van der Waals surface area contributed by atoms with Crippen molar-refractivity contribution in [2.75, 3.05) is 0 Å². The van der Waals surface area contributed by atoms with Gasteiger partial charge in [0.2, 0.25) is 0 Å². The second kappa shape index (κ2) is 14.4. The standard InChI is InChI=1S/C36H60ClN3S/c1-4-5-6-7-9-12-15-26-18-19-30-33-31(21-23-35(26,30)2)36(3)22-20-28(37)24-27(36)25-32(33)39-40-34(41)38-29-16-13-10-8-11-14-17-29/h25-26,28-31,33H,4-24H2,1-3H3,(H2,38,40,41)/b39-32+. The molecule has 0 aromatic heterocycles. The summed E-state index contributed by atoms with van der Waals surface area (Å²) < 4.78 is 0. The molecule has 0 spiro atoms. The van der Waals surface area contributed by atoms with Crippen LogP contribution in [-0.2, 0) is 0 Å². The van der Waals surface area contributed by atoms with Crippen LogP contribution >= 0.6 is 23.8 Å². The number of hydrogen-bond donors (Lipinski definition) is 2. The van der Waals surface area contributed by atoms with Gasteiger partial charge in [0, 0.05) is 17.3 Å². The van der Waals surface area contributed by atoms with E-state index in [1.54, 1.807) is 5.57 Å². The third-order valence-corrected chi connectivity index (χ3v) is 13.3. The predicted molar refractivity (Wildman–Crippen MR) is 181 cm³/mol. The number of thiocarbonyl (C=S) groups is 1. The number of unbranched alkanes of at least 4 members (excludes halogenated alkanes) is 5. The molecular formula is C36H60ClN3S. The summed E-state index contributed by atoms with van der Waals surface area (Å²) in [6.45, 7) is 7.57. The second-order valence-corrected chi connectivity index (χ2v) is 16.2. The average molecular weight is 602 g/mol. The number of rotatable bonds is 9. The Morgan fingerprint density at radius 2 is 1.63 bits per heavy atom. The third kappa shape index (κ3) is 7.21. The molecule has 7 atom stereocenters. The molecule has 3 nitrogen and oxygen atoms in total. The van der Waals surface area contributed by atoms with Gasteiger partial charge in [-0.2, -0.15) is 5.10 Å². The van der Waals surface area contributed by atoms with E-state index in [4.69, 9.17) is 28.9 Å². The van der Waals surface area contributed by atoms with Crippen LogP contribution in [-0.4, -0.2) is 22.2 Å². The number of nitrogens with zero attached hydrogens (tertiary/aromatic N) is 1. The van der Waals surface area contributed by atoms with Gasteiger partial charge in [-0.05, 0) is 111 Å². The summed E-state index contributed by atoms with van der Waals surface area (Å²) in [6.07, 6.45) is 30.5. The summed E-state index contributed by atoms with van der Waals surface area (Å²) in [4.78, 5) is 0. The lowest BCUT2D eigenvalue weighted by molar-refractivity contribution is -0.0114. The number of allylic oxidation sites excluding steroid dienone is 2. The highest BCUT2D eigenvalue weighted by molar-refractivity contribution is 7.80. The SMILES string of the molecule is CCCCCCCCC1CCC2C3/C(=N/NC(=S)NC4CCCCCCC4)C=C4CC(Cl)CCC4(C)C3CCC12C. The van der Waals surface area contributed by atoms with Crippen molar-refractivity contribution in [3.8, 4) is 0 Å². The molecule has 0 aromatic rings. The van der Waals surface area contributed by atoms with Crippen LogP contribution in [0.2, 0.25) is 0 Å². The number of alkyl halides is 1. The Morgan fingerprint density at radius 3 is 2.41 bits per heavy atom. The van der Waals surface area contributed by atoms with Crippen molar-refractivity contribution in [3.63, 3.8) is 0 Å². The minimum atomic E-state index is 0.268. The average Bonchev–Trinajstić information content (AvgIpc) is 3.27. The van der Waals surface area contributed by atoms with E-state index in [0.29, 0.717) is 23.3 Å². The van der Waals surface area contributed by atoms with E-state index < -0.39 is 0 Å². The topological polar surface area (TPSA) is 36.4 Å². The maximum absolute atomic E-state index is 6.77. The minimum absolute atomic E-state index is 0.268. The summed E-state index contributed by atoms with van der Waals surface area (Å²) >= 11 is 12.6. The molecule has 0 saturated heterocycles. The fraction of sp³-hybridized carbons (Fsp3) is 0.889. The maximum Gasteiger partial charge on any atom is 0.187 e. The normalized spacial score (nSPS) is 38.7. The van der Waals surface area contributed by atoms with Crippen LogP contribution < -0.4 is 10.7 Å². The molecule has 4 fully saturated rings. The van der Waals surface area contributed by atoms with E-state index in [2.05, 4.69) is 37.6 Å². The zero-order chi connectivity index (χ0) is 28.9. The maximum atomic E-state index is 6.77. The van der Waals surface area contributed by atoms with Crippen LogP contribution in [0.15, 0.2) is 16.8 Å². The Hall–Kier alpha value is -0.610. The Morgan fingerprint density at radius 1 is 0.902 bits per heavy atom. The van der Waals surface area contributed by atoms with Gasteiger partial charge < -0.3 is 5.32 Å². The van der Waals surface area contributed by atoms with E-state index in [1.165, 1.54) is 128 Å². The molecule has 0 aliphatic heterocycles. The molecule has 2 N–H and O–H groups in total. The molecule has 0 radical (unpaired) electrons. The third-order valence-electron chi connectivity index (χ3n) is 12.7. The fourth-order valence-corrected chi connectivity index (χ4v) is 10.7. The van der Waals surface area contributed by atoms with E-state index in [0.717, 1.165) is 29.8 Å². The van der Waals surface area contributed by atoms with E-state index >= 15 is 0 Å². The van der Waals surface area contributed by atoms with E-state index in [-0.39, 0.29) is 10.8 Å². The Bertz CT molecular complexity index is 939. The van der Waals surface area contributed by atoms with Crippen LogP contribution in [0.3, 0.4) is 0 Å². The number of fused-ring (bicyclic) bond motifs is 5. The van der Waals surface area contributed by atoms with Crippen LogP contribution in [0.5, 0.6) is 0 Å². The molecule has 0 bridgehead atoms. The summed E-state index contributed by atoms with van der Waals surface area (Å²) in [6, 6.07) is 0.488. The first-order valence-electron chi connectivity index (χ1n) is 17.8. The van der Waals surface area contributed by atoms with E-state index in [9.17, 15) is 0 Å². The zero-order valence-corrected chi connectivity index (χ0v) is 28.2. The highest BCUT2D eigenvalue weighted by Gasteiger charge is 2.60. The fourth-order valence-electron chi connectivity index (χ4n) is 10.2. The highest BCUT2D eigenvalue weighted by atomic mass is 35.5. The van der Waals surface area contributed by atoms with Gasteiger partial charge in [-0.3, -0.25) is 5.43 Å². The smallest absolute Gasteiger partial charge is 0.187 e. The van der Waals surface area contributed by atoms with Gasteiger partial charge in [-0.15, -0.1) is 11.6 Å². The van der Waals surface area contributed by atoms with Gasteiger partial charge >= 0.3 is 0 Å². The van der Waals surface area contributed by atoms with Crippen molar-refractivity contribution in [2.24, 2.45) is 39.6 Å². The lowest BCUT2D eigenvalue weighted by Crippen LogP contribution is -2.53. The molecule has 0 aromatic carbocycles. The van der Waals surface area contributed by atoms with Crippen LogP contribution in [0.25, 0.3) is 0 Å². The van der Waals surface area contributed by atoms with Crippen molar-refractivity contribution >= 4 is 34.6 Å². The molecule has 5 rings (SSSR count).